The van der Waals surface area contributed by atoms with Gasteiger partial charge in [-0.1, -0.05) is 0 Å². The van der Waals surface area contributed by atoms with Crippen molar-refractivity contribution in [1.82, 2.24) is 67.0 Å². The van der Waals surface area contributed by atoms with Gasteiger partial charge in [0.25, 0.3) is 47.3 Å². The maximum absolute atomic E-state index is 13.5. The number of nitrogens with zero attached hydrogens (tertiary/aromatic N) is 12. The Morgan fingerprint density at radius 1 is 0.435 bits per heavy atom. The first-order valence-corrected chi connectivity index (χ1v) is 26.3. The lowest BCUT2D eigenvalue weighted by molar-refractivity contribution is -0.117. The molecular formula is C54H66N22O9. The maximum atomic E-state index is 13.5. The minimum atomic E-state index is -1.09. The number of hydrogen-bond acceptors (Lipinski definition) is 14. The predicted octanol–water partition coefficient (Wildman–Crippen LogP) is 1.86. The van der Waals surface area contributed by atoms with Gasteiger partial charge in [-0.05, 0) is 63.8 Å². The van der Waals surface area contributed by atoms with Gasteiger partial charge < -0.3 is 95.0 Å². The Bertz CT molecular complexity index is 3890. The Hall–Kier alpha value is -10.8. The summed E-state index contributed by atoms with van der Waals surface area (Å²) in [7, 11) is 16.9. The molecule has 0 aliphatic heterocycles. The molecule has 31 heteroatoms. The lowest BCUT2D eigenvalue weighted by atomic mass is 10.2. The molecule has 85 heavy (non-hydrogen) atoms. The number of hydrogen-bond donors (Lipinski definition) is 10. The molecule has 446 valence electrons. The van der Waals surface area contributed by atoms with Gasteiger partial charge in [-0.15, -0.1) is 0 Å². The normalized spacial score (nSPS) is 11.5. The highest BCUT2D eigenvalue weighted by atomic mass is 16.2. The van der Waals surface area contributed by atoms with Crippen molar-refractivity contribution in [2.45, 2.75) is 18.9 Å². The summed E-state index contributed by atoms with van der Waals surface area (Å²) >= 11 is 0. The summed E-state index contributed by atoms with van der Waals surface area (Å²) in [6.07, 6.45) is 14.6. The van der Waals surface area contributed by atoms with Crippen LogP contribution in [0.3, 0.4) is 0 Å². The number of rotatable bonds is 23. The van der Waals surface area contributed by atoms with Gasteiger partial charge in [0.1, 0.15) is 28.5 Å². The van der Waals surface area contributed by atoms with Gasteiger partial charge in [0.2, 0.25) is 17.6 Å². The second-order valence-electron chi connectivity index (χ2n) is 20.4. The van der Waals surface area contributed by atoms with E-state index in [1.807, 2.05) is 19.0 Å². The highest BCUT2D eigenvalue weighted by Crippen LogP contribution is 2.23. The molecule has 0 spiro atoms. The van der Waals surface area contributed by atoms with E-state index in [2.05, 4.69) is 62.8 Å². The summed E-state index contributed by atoms with van der Waals surface area (Å²) in [5.74, 6) is -4.60. The van der Waals surface area contributed by atoms with E-state index < -0.39 is 53.3 Å². The monoisotopic (exact) mass is 1170 g/mol. The summed E-state index contributed by atoms with van der Waals surface area (Å²) < 4.78 is 12.0. The number of nitrogens with two attached hydrogens (primary N) is 1. The van der Waals surface area contributed by atoms with Crippen LogP contribution in [0.5, 0.6) is 0 Å². The van der Waals surface area contributed by atoms with Crippen LogP contribution in [0.1, 0.15) is 97.1 Å². The highest BCUT2D eigenvalue weighted by Gasteiger charge is 2.25. The van der Waals surface area contributed by atoms with Crippen molar-refractivity contribution in [2.24, 2.45) is 62.1 Å². The van der Waals surface area contributed by atoms with E-state index in [0.29, 0.717) is 35.0 Å². The molecule has 9 amide bonds. The van der Waals surface area contributed by atoms with E-state index >= 15 is 0 Å². The fraction of sp³-hybridized carbons (Fsp3) is 0.296. The number of aromatic nitrogens is 11. The van der Waals surface area contributed by atoms with E-state index in [4.69, 9.17) is 5.73 Å². The molecule has 0 aromatic carbocycles. The van der Waals surface area contributed by atoms with Crippen LogP contribution in [-0.4, -0.2) is 149 Å². The van der Waals surface area contributed by atoms with Crippen LogP contribution < -0.4 is 53.6 Å². The molecule has 0 radical (unpaired) electrons. The zero-order valence-electron chi connectivity index (χ0n) is 48.3. The SMILES string of the molecule is CN(C)CCCNC(=O)c1cc(NC(=O)c2cc(NC(=O)c3cc(NC(=O)c4cc(NC(=O)[C@H](N)CCNC(=O)c5nc(NC(=O)c6nc(NC(=O)c7cc(NC(=O)c8nccn8C)cn7C)cn6C)cn5C)cn4C)cn3C)cn2C)cn1C. The molecule has 31 nitrogen and oxygen atoms in total. The lowest BCUT2D eigenvalue weighted by Gasteiger charge is -2.12. The van der Waals surface area contributed by atoms with Crippen LogP contribution in [0, 0.1) is 0 Å². The van der Waals surface area contributed by atoms with Crippen LogP contribution in [0.15, 0.2) is 86.1 Å². The summed E-state index contributed by atoms with van der Waals surface area (Å²) in [6.45, 7) is 1.30. The first kappa shape index (κ1) is 60.3. The number of anilines is 7. The summed E-state index contributed by atoms with van der Waals surface area (Å²) in [5.41, 5.74) is 9.03. The molecule has 0 unspecified atom stereocenters. The van der Waals surface area contributed by atoms with E-state index in [1.165, 1.54) is 71.9 Å². The quantitative estimate of drug-likeness (QED) is 0.0409. The van der Waals surface area contributed by atoms with Gasteiger partial charge in [0.05, 0.1) is 34.5 Å². The molecule has 0 aliphatic rings. The van der Waals surface area contributed by atoms with Gasteiger partial charge in [0.15, 0.2) is 17.5 Å². The Labute approximate surface area is 485 Å². The molecular weight excluding hydrogens is 1100 g/mol. The van der Waals surface area contributed by atoms with Crippen molar-refractivity contribution < 1.29 is 43.2 Å². The van der Waals surface area contributed by atoms with Crippen LogP contribution in [0.4, 0.5) is 40.1 Å². The van der Waals surface area contributed by atoms with Crippen LogP contribution in [0.2, 0.25) is 0 Å². The molecule has 8 rings (SSSR count). The number of carbonyl (C=O) groups is 9. The Balaban J connectivity index is 0.770. The summed E-state index contributed by atoms with van der Waals surface area (Å²) in [5, 5.41) is 24.6. The molecule has 0 aliphatic carbocycles. The standard InChI is InChI=1S/C54H66N22O9/c1-68(2)16-11-13-57-47(78)36-18-31(24-70(36)4)60-49(80)38-20-33(26-72(38)6)62-50(81)39-21-32(25-73(39)7)61-48(79)37-19-30(23-71(37)5)59-46(77)35(55)12-14-58-52(83)44-64-42(29-75(44)9)67-54(85)45-65-41(28-76(45)10)66-51(82)40-22-34(27-74(40)8)63-53(84)43-56-15-17-69(43)3/h15,17-29,35H,11-14,16,55H2,1-10H3,(H,57,78)(H,58,83)(H,59,77)(H,60,80)(H,61,79)(H,62,81)(H,63,84)(H,66,82)(H,67,85)/t35-/m1/s1. The van der Waals surface area contributed by atoms with Crippen molar-refractivity contribution >= 4 is 93.2 Å². The zero-order valence-corrected chi connectivity index (χ0v) is 48.3. The van der Waals surface area contributed by atoms with Gasteiger partial charge in [-0.2, -0.15) is 0 Å². The first-order chi connectivity index (χ1) is 40.3. The van der Waals surface area contributed by atoms with E-state index in [1.54, 1.807) is 107 Å². The largest absolute Gasteiger partial charge is 0.351 e. The topological polar surface area (TPSA) is 369 Å². The molecule has 8 aromatic heterocycles. The third kappa shape index (κ3) is 14.5. The molecule has 1 atom stereocenters. The highest BCUT2D eigenvalue weighted by molar-refractivity contribution is 6.10. The van der Waals surface area contributed by atoms with E-state index in [9.17, 15) is 43.2 Å². The number of carbonyl (C=O) groups excluding carboxylic acids is 9. The molecule has 8 aromatic rings. The first-order valence-electron chi connectivity index (χ1n) is 26.3. The Morgan fingerprint density at radius 3 is 1.22 bits per heavy atom. The number of aryl methyl sites for hydroxylation is 8. The molecule has 11 N–H and O–H groups in total. The smallest absolute Gasteiger partial charge is 0.292 e. The van der Waals surface area contributed by atoms with Crippen molar-refractivity contribution in [3.63, 3.8) is 0 Å². The molecule has 0 fully saturated rings. The van der Waals surface area contributed by atoms with Crippen LogP contribution >= 0.6 is 0 Å². The van der Waals surface area contributed by atoms with E-state index in [-0.39, 0.29) is 76.4 Å². The van der Waals surface area contributed by atoms with Crippen molar-refractivity contribution in [2.75, 3.05) is 70.9 Å². The zero-order chi connectivity index (χ0) is 61.6. The van der Waals surface area contributed by atoms with Gasteiger partial charge in [-0.3, -0.25) is 43.2 Å². The second-order valence-corrected chi connectivity index (χ2v) is 20.4. The summed E-state index contributed by atoms with van der Waals surface area (Å²) in [6, 6.07) is 6.42. The van der Waals surface area contributed by atoms with Crippen molar-refractivity contribution in [3.8, 4) is 0 Å². The third-order valence-electron chi connectivity index (χ3n) is 13.3. The number of nitrogens with one attached hydrogen (secondary N) is 9. The Morgan fingerprint density at radius 2 is 0.800 bits per heavy atom. The molecule has 0 bridgehead atoms. The number of amides is 9. The van der Waals surface area contributed by atoms with Gasteiger partial charge >= 0.3 is 0 Å². The summed E-state index contributed by atoms with van der Waals surface area (Å²) in [4.78, 5) is 133. The van der Waals surface area contributed by atoms with Crippen LogP contribution in [-0.2, 0) is 61.2 Å². The van der Waals surface area contributed by atoms with Gasteiger partial charge in [0, 0.05) is 125 Å². The van der Waals surface area contributed by atoms with Crippen molar-refractivity contribution in [1.29, 1.82) is 0 Å². The van der Waals surface area contributed by atoms with Gasteiger partial charge in [-0.25, -0.2) is 15.0 Å². The lowest BCUT2D eigenvalue weighted by Crippen LogP contribution is -2.39. The average molecular weight is 1170 g/mol. The average Bonchev–Trinajstić information content (AvgIpc) is 4.41. The number of imidazole rings is 3. The van der Waals surface area contributed by atoms with E-state index in [0.717, 1.165) is 13.0 Å². The molecule has 0 saturated heterocycles. The third-order valence-corrected chi connectivity index (χ3v) is 13.3. The fourth-order valence-electron chi connectivity index (χ4n) is 8.95. The minimum Gasteiger partial charge on any atom is -0.351 e. The van der Waals surface area contributed by atoms with Crippen LogP contribution in [0.25, 0.3) is 0 Å². The van der Waals surface area contributed by atoms with Crippen molar-refractivity contribution in [3.05, 3.63) is 132 Å². The predicted molar refractivity (Wildman–Crippen MR) is 313 cm³/mol. The second kappa shape index (κ2) is 25.5. The maximum Gasteiger partial charge on any atom is 0.292 e. The minimum absolute atomic E-state index is 0.0115. The fourth-order valence-corrected chi connectivity index (χ4v) is 8.95. The molecule has 0 saturated carbocycles. The Kier molecular flexibility index (Phi) is 18.1. The molecule has 8 heterocycles.